The lowest BCUT2D eigenvalue weighted by Crippen LogP contribution is -2.25. The quantitative estimate of drug-likeness (QED) is 0.702. The number of hydrogen-bond acceptors (Lipinski definition) is 3. The van der Waals surface area contributed by atoms with E-state index in [-0.39, 0.29) is 11.9 Å². The molecular formula is C14H14N2O4. The van der Waals surface area contributed by atoms with E-state index in [9.17, 15) is 14.4 Å². The van der Waals surface area contributed by atoms with Gasteiger partial charge in [0.1, 0.15) is 0 Å². The molecule has 0 bridgehead atoms. The first-order valence-electron chi connectivity index (χ1n) is 6.17. The number of carbonyl (C=O) groups excluding carboxylic acids is 2. The zero-order valence-corrected chi connectivity index (χ0v) is 10.6. The van der Waals surface area contributed by atoms with Crippen LogP contribution in [0.3, 0.4) is 0 Å². The summed E-state index contributed by atoms with van der Waals surface area (Å²) in [6.07, 6.45) is 3.67. The van der Waals surface area contributed by atoms with Crippen molar-refractivity contribution in [1.29, 1.82) is 0 Å². The summed E-state index contributed by atoms with van der Waals surface area (Å²) >= 11 is 0. The summed E-state index contributed by atoms with van der Waals surface area (Å²) in [5.74, 6) is -1.94. The second-order valence-corrected chi connectivity index (χ2v) is 4.49. The van der Waals surface area contributed by atoms with Crippen LogP contribution < -0.4 is 10.6 Å². The van der Waals surface area contributed by atoms with E-state index < -0.39 is 11.9 Å². The van der Waals surface area contributed by atoms with Gasteiger partial charge in [0.15, 0.2) is 0 Å². The molecular weight excluding hydrogens is 260 g/mol. The molecule has 6 nitrogen and oxygen atoms in total. The van der Waals surface area contributed by atoms with Crippen molar-refractivity contribution in [3.05, 3.63) is 42.0 Å². The third-order valence-corrected chi connectivity index (χ3v) is 2.68. The highest BCUT2D eigenvalue weighted by atomic mass is 16.4. The second kappa shape index (κ2) is 6.01. The Labute approximate surface area is 115 Å². The average molecular weight is 274 g/mol. The van der Waals surface area contributed by atoms with E-state index >= 15 is 0 Å². The van der Waals surface area contributed by atoms with Crippen LogP contribution in [0.1, 0.15) is 23.2 Å². The van der Waals surface area contributed by atoms with Crippen LogP contribution in [0.4, 0.5) is 5.69 Å². The van der Waals surface area contributed by atoms with Gasteiger partial charge in [-0.05, 0) is 31.0 Å². The summed E-state index contributed by atoms with van der Waals surface area (Å²) in [5.41, 5.74) is 0.894. The molecule has 2 rings (SSSR count). The van der Waals surface area contributed by atoms with Crippen molar-refractivity contribution in [3.8, 4) is 0 Å². The summed E-state index contributed by atoms with van der Waals surface area (Å²) in [4.78, 5) is 33.5. The molecule has 0 radical (unpaired) electrons. The Balaban J connectivity index is 1.99. The minimum Gasteiger partial charge on any atom is -0.478 e. The molecule has 20 heavy (non-hydrogen) atoms. The van der Waals surface area contributed by atoms with E-state index in [1.54, 1.807) is 24.3 Å². The fourth-order valence-electron chi connectivity index (χ4n) is 1.57. The highest BCUT2D eigenvalue weighted by Gasteiger charge is 2.23. The minimum atomic E-state index is -1.20. The molecule has 0 heterocycles. The number of anilines is 1. The van der Waals surface area contributed by atoms with Gasteiger partial charge in [-0.1, -0.05) is 6.07 Å². The van der Waals surface area contributed by atoms with Crippen molar-refractivity contribution in [2.24, 2.45) is 0 Å². The van der Waals surface area contributed by atoms with Crippen LogP contribution in [0.15, 0.2) is 36.4 Å². The first-order chi connectivity index (χ1) is 9.54. The lowest BCUT2D eigenvalue weighted by atomic mass is 10.2. The normalized spacial score (nSPS) is 14.0. The van der Waals surface area contributed by atoms with E-state index in [0.29, 0.717) is 11.3 Å². The van der Waals surface area contributed by atoms with Crippen LogP contribution in [0.25, 0.3) is 0 Å². The smallest absolute Gasteiger partial charge is 0.328 e. The monoisotopic (exact) mass is 274 g/mol. The van der Waals surface area contributed by atoms with Gasteiger partial charge in [0.05, 0.1) is 0 Å². The molecule has 1 aromatic rings. The zero-order chi connectivity index (χ0) is 14.5. The van der Waals surface area contributed by atoms with E-state index in [1.807, 2.05) is 0 Å². The molecule has 1 fully saturated rings. The van der Waals surface area contributed by atoms with Gasteiger partial charge in [-0.15, -0.1) is 0 Å². The number of amides is 2. The van der Waals surface area contributed by atoms with Crippen molar-refractivity contribution >= 4 is 23.5 Å². The molecule has 0 saturated heterocycles. The number of carboxylic acids is 1. The Hall–Kier alpha value is -2.63. The molecule has 0 atom stereocenters. The molecule has 3 N–H and O–H groups in total. The Morgan fingerprint density at radius 1 is 1.20 bits per heavy atom. The average Bonchev–Trinajstić information content (AvgIpc) is 3.20. The molecule has 1 saturated carbocycles. The largest absolute Gasteiger partial charge is 0.478 e. The maximum absolute atomic E-state index is 11.8. The number of benzene rings is 1. The number of rotatable bonds is 5. The molecule has 104 valence electrons. The highest BCUT2D eigenvalue weighted by molar-refractivity contribution is 6.03. The lowest BCUT2D eigenvalue weighted by molar-refractivity contribution is -0.131. The first-order valence-corrected chi connectivity index (χ1v) is 6.17. The topological polar surface area (TPSA) is 95.5 Å². The Bertz CT molecular complexity index is 576. The molecule has 0 unspecified atom stereocenters. The van der Waals surface area contributed by atoms with Crippen molar-refractivity contribution in [2.75, 3.05) is 5.32 Å². The SMILES string of the molecule is O=C(O)/C=C/C(=O)Nc1cccc(C(=O)NC2CC2)c1. The molecule has 1 aliphatic carbocycles. The third-order valence-electron chi connectivity index (χ3n) is 2.68. The number of aliphatic carboxylic acids is 1. The molecule has 0 aromatic heterocycles. The lowest BCUT2D eigenvalue weighted by Gasteiger charge is -2.06. The molecule has 0 spiro atoms. The Morgan fingerprint density at radius 3 is 2.60 bits per heavy atom. The molecule has 0 aliphatic heterocycles. The summed E-state index contributed by atoms with van der Waals surface area (Å²) in [7, 11) is 0. The van der Waals surface area contributed by atoms with Crippen LogP contribution in [0, 0.1) is 0 Å². The van der Waals surface area contributed by atoms with Crippen LogP contribution in [0.2, 0.25) is 0 Å². The maximum Gasteiger partial charge on any atom is 0.328 e. The number of carbonyl (C=O) groups is 3. The summed E-state index contributed by atoms with van der Waals surface area (Å²) in [6.45, 7) is 0. The van der Waals surface area contributed by atoms with Gasteiger partial charge in [-0.25, -0.2) is 4.79 Å². The van der Waals surface area contributed by atoms with E-state index in [4.69, 9.17) is 5.11 Å². The molecule has 6 heteroatoms. The van der Waals surface area contributed by atoms with Crippen LogP contribution in [-0.2, 0) is 9.59 Å². The predicted octanol–water partition coefficient (Wildman–Crippen LogP) is 1.16. The van der Waals surface area contributed by atoms with Crippen LogP contribution in [-0.4, -0.2) is 28.9 Å². The standard InChI is InChI=1S/C14H14N2O4/c17-12(6-7-13(18)19)15-11-3-1-2-9(8-11)14(20)16-10-4-5-10/h1-3,6-8,10H,4-5H2,(H,15,17)(H,16,20)(H,18,19)/b7-6+. The summed E-state index contributed by atoms with van der Waals surface area (Å²) in [6, 6.07) is 6.74. The second-order valence-electron chi connectivity index (χ2n) is 4.49. The zero-order valence-electron chi connectivity index (χ0n) is 10.6. The minimum absolute atomic E-state index is 0.176. The highest BCUT2D eigenvalue weighted by Crippen LogP contribution is 2.20. The van der Waals surface area contributed by atoms with Gasteiger partial charge in [0.25, 0.3) is 5.91 Å². The molecule has 2 amide bonds. The van der Waals surface area contributed by atoms with E-state index in [0.717, 1.165) is 25.0 Å². The Kier molecular flexibility index (Phi) is 4.14. The van der Waals surface area contributed by atoms with Gasteiger partial charge in [0, 0.05) is 29.4 Å². The number of nitrogens with one attached hydrogen (secondary N) is 2. The summed E-state index contributed by atoms with van der Waals surface area (Å²) in [5, 5.41) is 13.8. The van der Waals surface area contributed by atoms with Crippen LogP contribution in [0.5, 0.6) is 0 Å². The van der Waals surface area contributed by atoms with Crippen molar-refractivity contribution < 1.29 is 19.5 Å². The summed E-state index contributed by atoms with van der Waals surface area (Å²) < 4.78 is 0. The molecule has 1 aliphatic rings. The van der Waals surface area contributed by atoms with Crippen LogP contribution >= 0.6 is 0 Å². The fourth-order valence-corrected chi connectivity index (χ4v) is 1.57. The van der Waals surface area contributed by atoms with Gasteiger partial charge in [0.2, 0.25) is 5.91 Å². The van der Waals surface area contributed by atoms with E-state index in [2.05, 4.69) is 10.6 Å². The number of hydrogen-bond donors (Lipinski definition) is 3. The van der Waals surface area contributed by atoms with Crippen molar-refractivity contribution in [3.63, 3.8) is 0 Å². The fraction of sp³-hybridized carbons (Fsp3) is 0.214. The number of carboxylic acid groups (broad SMARTS) is 1. The van der Waals surface area contributed by atoms with Crippen molar-refractivity contribution in [1.82, 2.24) is 5.32 Å². The first kappa shape index (κ1) is 13.8. The third kappa shape index (κ3) is 4.24. The van der Waals surface area contributed by atoms with Gasteiger partial charge in [-0.2, -0.15) is 0 Å². The maximum atomic E-state index is 11.8. The van der Waals surface area contributed by atoms with E-state index in [1.165, 1.54) is 0 Å². The van der Waals surface area contributed by atoms with Gasteiger partial charge < -0.3 is 15.7 Å². The molecule has 1 aromatic carbocycles. The van der Waals surface area contributed by atoms with Gasteiger partial charge in [-0.3, -0.25) is 9.59 Å². The van der Waals surface area contributed by atoms with Gasteiger partial charge >= 0.3 is 5.97 Å². The Morgan fingerprint density at radius 2 is 1.95 bits per heavy atom. The predicted molar refractivity (Wildman–Crippen MR) is 72.3 cm³/mol. The van der Waals surface area contributed by atoms with Crippen molar-refractivity contribution in [2.45, 2.75) is 18.9 Å².